The predicted octanol–water partition coefficient (Wildman–Crippen LogP) is 2.40. The minimum atomic E-state index is -0.761. The number of benzene rings is 1. The number of rotatable bonds is 2. The number of hydrogen-bond acceptors (Lipinski definition) is 4. The zero-order chi connectivity index (χ0) is 15.4. The molecule has 0 radical (unpaired) electrons. The first-order chi connectivity index (χ1) is 10.0. The van der Waals surface area contributed by atoms with Gasteiger partial charge >= 0.3 is 12.0 Å². The van der Waals surface area contributed by atoms with Crippen molar-refractivity contribution < 1.29 is 19.1 Å². The third kappa shape index (κ3) is 4.00. The molecule has 1 unspecified atom stereocenters. The van der Waals surface area contributed by atoms with Crippen LogP contribution in [0.15, 0.2) is 18.2 Å². The molecule has 1 fully saturated rings. The Morgan fingerprint density at radius 1 is 1.38 bits per heavy atom. The van der Waals surface area contributed by atoms with Crippen LogP contribution in [0.3, 0.4) is 0 Å². The van der Waals surface area contributed by atoms with Crippen molar-refractivity contribution in [3.05, 3.63) is 28.2 Å². The maximum Gasteiger partial charge on any atom is 0.336 e. The lowest BCUT2D eigenvalue weighted by atomic mass is 10.3. The number of morpholine rings is 1. The standard InChI is InChI=1S/C13H14Cl2N2O4/c1-20-12(18)11-7-17(4-5-21-11)13(19)16-8-2-3-9(14)10(15)6-8/h2-3,6,11H,4-5,7H2,1H3,(H,16,19). The fraction of sp³-hybridized carbons (Fsp3) is 0.385. The summed E-state index contributed by atoms with van der Waals surface area (Å²) < 4.78 is 9.87. The largest absolute Gasteiger partial charge is 0.467 e. The molecule has 21 heavy (non-hydrogen) atoms. The average molecular weight is 333 g/mol. The molecule has 0 aromatic heterocycles. The number of nitrogens with one attached hydrogen (secondary N) is 1. The average Bonchev–Trinajstić information content (AvgIpc) is 2.50. The Morgan fingerprint density at radius 3 is 2.81 bits per heavy atom. The van der Waals surface area contributed by atoms with Gasteiger partial charge in [-0.1, -0.05) is 23.2 Å². The molecule has 114 valence electrons. The number of halogens is 2. The van der Waals surface area contributed by atoms with E-state index in [-0.39, 0.29) is 19.2 Å². The Bertz CT molecular complexity index is 553. The van der Waals surface area contributed by atoms with Gasteiger partial charge in [0.15, 0.2) is 6.10 Å². The highest BCUT2D eigenvalue weighted by molar-refractivity contribution is 6.42. The highest BCUT2D eigenvalue weighted by Crippen LogP contribution is 2.25. The lowest BCUT2D eigenvalue weighted by Gasteiger charge is -2.31. The van der Waals surface area contributed by atoms with Gasteiger partial charge in [0.1, 0.15) is 0 Å². The number of hydrogen-bond donors (Lipinski definition) is 1. The van der Waals surface area contributed by atoms with Gasteiger partial charge in [-0.25, -0.2) is 9.59 Å². The summed E-state index contributed by atoms with van der Waals surface area (Å²) in [4.78, 5) is 25.1. The van der Waals surface area contributed by atoms with Crippen molar-refractivity contribution in [2.45, 2.75) is 6.10 Å². The molecule has 1 aromatic carbocycles. The highest BCUT2D eigenvalue weighted by Gasteiger charge is 2.29. The van der Waals surface area contributed by atoms with E-state index < -0.39 is 12.1 Å². The second kappa shape index (κ2) is 6.98. The van der Waals surface area contributed by atoms with Crippen LogP contribution >= 0.6 is 23.2 Å². The summed E-state index contributed by atoms with van der Waals surface area (Å²) in [6.07, 6.45) is -0.761. The molecule has 1 saturated heterocycles. The second-order valence-corrected chi connectivity index (χ2v) is 5.20. The molecule has 0 saturated carbocycles. The summed E-state index contributed by atoms with van der Waals surface area (Å²) in [5.41, 5.74) is 0.524. The van der Waals surface area contributed by atoms with Crippen LogP contribution < -0.4 is 5.32 Å². The summed E-state index contributed by atoms with van der Waals surface area (Å²) >= 11 is 11.7. The van der Waals surface area contributed by atoms with Gasteiger partial charge in [-0.15, -0.1) is 0 Å². The van der Waals surface area contributed by atoms with Crippen molar-refractivity contribution in [3.63, 3.8) is 0 Å². The molecule has 0 bridgehead atoms. The van der Waals surface area contributed by atoms with Crippen LogP contribution in [-0.4, -0.2) is 49.8 Å². The molecule has 1 N–H and O–H groups in total. The van der Waals surface area contributed by atoms with E-state index in [0.717, 1.165) is 0 Å². The molecule has 1 atom stereocenters. The van der Waals surface area contributed by atoms with Crippen LogP contribution in [0.4, 0.5) is 10.5 Å². The minimum absolute atomic E-state index is 0.139. The number of methoxy groups -OCH3 is 1. The Morgan fingerprint density at radius 2 is 2.14 bits per heavy atom. The first kappa shape index (κ1) is 15.9. The maximum atomic E-state index is 12.2. The molecule has 0 spiro atoms. The smallest absolute Gasteiger partial charge is 0.336 e. The number of nitrogens with zero attached hydrogens (tertiary/aromatic N) is 1. The van der Waals surface area contributed by atoms with E-state index in [9.17, 15) is 9.59 Å². The van der Waals surface area contributed by atoms with Crippen molar-refractivity contribution >= 4 is 40.9 Å². The first-order valence-corrected chi connectivity index (χ1v) is 6.97. The molecule has 1 aromatic rings. The maximum absolute atomic E-state index is 12.2. The second-order valence-electron chi connectivity index (χ2n) is 4.39. The van der Waals surface area contributed by atoms with Crippen LogP contribution in [0, 0.1) is 0 Å². The Labute approximate surface area is 131 Å². The number of anilines is 1. The van der Waals surface area contributed by atoms with Gasteiger partial charge in [0.05, 0.1) is 30.3 Å². The molecule has 1 aliphatic rings. The van der Waals surface area contributed by atoms with E-state index in [1.54, 1.807) is 18.2 Å². The van der Waals surface area contributed by atoms with Gasteiger partial charge < -0.3 is 19.7 Å². The van der Waals surface area contributed by atoms with Crippen LogP contribution in [0.1, 0.15) is 0 Å². The monoisotopic (exact) mass is 332 g/mol. The summed E-state index contributed by atoms with van der Waals surface area (Å²) in [6.45, 7) is 0.801. The Hall–Kier alpha value is -1.50. The van der Waals surface area contributed by atoms with Crippen molar-refractivity contribution in [2.24, 2.45) is 0 Å². The van der Waals surface area contributed by atoms with E-state index in [1.807, 2.05) is 0 Å². The number of ether oxygens (including phenoxy) is 2. The topological polar surface area (TPSA) is 67.9 Å². The van der Waals surface area contributed by atoms with E-state index in [0.29, 0.717) is 22.3 Å². The van der Waals surface area contributed by atoms with E-state index in [4.69, 9.17) is 27.9 Å². The molecular weight excluding hydrogens is 319 g/mol. The quantitative estimate of drug-likeness (QED) is 0.844. The molecule has 8 heteroatoms. The number of esters is 1. The molecule has 6 nitrogen and oxygen atoms in total. The van der Waals surface area contributed by atoms with E-state index in [1.165, 1.54) is 12.0 Å². The zero-order valence-corrected chi connectivity index (χ0v) is 12.8. The number of amides is 2. The lowest BCUT2D eigenvalue weighted by Crippen LogP contribution is -2.50. The van der Waals surface area contributed by atoms with E-state index in [2.05, 4.69) is 10.1 Å². The van der Waals surface area contributed by atoms with Gasteiger partial charge in [0.2, 0.25) is 0 Å². The number of carbonyl (C=O) groups is 2. The van der Waals surface area contributed by atoms with Gasteiger partial charge in [0, 0.05) is 12.2 Å². The van der Waals surface area contributed by atoms with Crippen molar-refractivity contribution in [1.82, 2.24) is 4.90 Å². The Balaban J connectivity index is 1.99. The van der Waals surface area contributed by atoms with Crippen molar-refractivity contribution in [2.75, 3.05) is 32.1 Å². The third-order valence-electron chi connectivity index (χ3n) is 2.99. The Kier molecular flexibility index (Phi) is 5.27. The normalized spacial score (nSPS) is 18.2. The van der Waals surface area contributed by atoms with Crippen molar-refractivity contribution in [1.29, 1.82) is 0 Å². The highest BCUT2D eigenvalue weighted by atomic mass is 35.5. The molecule has 1 aliphatic heterocycles. The summed E-state index contributed by atoms with van der Waals surface area (Å²) in [5, 5.41) is 3.45. The van der Waals surface area contributed by atoms with Crippen LogP contribution in [0.5, 0.6) is 0 Å². The van der Waals surface area contributed by atoms with Gasteiger partial charge in [-0.05, 0) is 18.2 Å². The van der Waals surface area contributed by atoms with Crippen molar-refractivity contribution in [3.8, 4) is 0 Å². The summed E-state index contributed by atoms with van der Waals surface area (Å²) in [7, 11) is 1.28. The minimum Gasteiger partial charge on any atom is -0.467 e. The van der Waals surface area contributed by atoms with Crippen LogP contribution in [0.2, 0.25) is 10.0 Å². The first-order valence-electron chi connectivity index (χ1n) is 6.21. The van der Waals surface area contributed by atoms with E-state index >= 15 is 0 Å². The third-order valence-corrected chi connectivity index (χ3v) is 3.73. The summed E-state index contributed by atoms with van der Waals surface area (Å²) in [6, 6.07) is 4.45. The van der Waals surface area contributed by atoms with Crippen LogP contribution in [0.25, 0.3) is 0 Å². The molecule has 2 rings (SSSR count). The molecule has 1 heterocycles. The zero-order valence-electron chi connectivity index (χ0n) is 11.3. The van der Waals surface area contributed by atoms with Gasteiger partial charge in [-0.3, -0.25) is 0 Å². The lowest BCUT2D eigenvalue weighted by molar-refractivity contribution is -0.158. The number of urea groups is 1. The summed E-state index contributed by atoms with van der Waals surface area (Å²) in [5.74, 6) is -0.498. The predicted molar refractivity (Wildman–Crippen MR) is 78.8 cm³/mol. The van der Waals surface area contributed by atoms with Gasteiger partial charge in [0.25, 0.3) is 0 Å². The molecule has 0 aliphatic carbocycles. The molecule has 2 amide bonds. The fourth-order valence-corrected chi connectivity index (χ4v) is 2.18. The SMILES string of the molecule is COC(=O)C1CN(C(=O)Nc2ccc(Cl)c(Cl)c2)CCO1. The van der Waals surface area contributed by atoms with Crippen LogP contribution in [-0.2, 0) is 14.3 Å². The number of carbonyl (C=O) groups excluding carboxylic acids is 2. The fourth-order valence-electron chi connectivity index (χ4n) is 1.88. The van der Waals surface area contributed by atoms with Gasteiger partial charge in [-0.2, -0.15) is 0 Å². The molecular formula is C13H14Cl2N2O4.